The molecule has 0 N–H and O–H groups in total. The first-order valence-electron chi connectivity index (χ1n) is 9.46. The van der Waals surface area contributed by atoms with Crippen LogP contribution in [0.1, 0.15) is 11.3 Å². The standard InChI is InChI=1S/C24H21N2.ClHO4/c1-18-13-15-22(16-14-18)26-19(2)17-23(20-9-5-3-6-10-20)25-24(26)21-11-7-4-8-12-21;2-1(3,4)5/h3-17H,1-2H3;(H,2,3,4,5)/q+1;/p-1. The highest BCUT2D eigenvalue weighted by Gasteiger charge is 2.22. The summed E-state index contributed by atoms with van der Waals surface area (Å²) in [4.78, 5) is 5.04. The molecular formula is C24H21ClN2O4. The van der Waals surface area contributed by atoms with Crippen molar-refractivity contribution in [1.82, 2.24) is 4.98 Å². The molecule has 7 heteroatoms. The Morgan fingerprint density at radius 2 is 1.16 bits per heavy atom. The molecule has 0 fully saturated rings. The first-order valence-corrected chi connectivity index (χ1v) is 10.7. The average Bonchev–Trinajstić information content (AvgIpc) is 2.74. The molecule has 0 atom stereocenters. The van der Waals surface area contributed by atoms with Gasteiger partial charge in [-0.3, -0.25) is 0 Å². The molecule has 4 rings (SSSR count). The molecule has 0 spiro atoms. The predicted molar refractivity (Wildman–Crippen MR) is 106 cm³/mol. The van der Waals surface area contributed by atoms with Gasteiger partial charge in [-0.2, -0.15) is 4.57 Å². The summed E-state index contributed by atoms with van der Waals surface area (Å²) in [5.74, 6) is 0.952. The summed E-state index contributed by atoms with van der Waals surface area (Å²) >= 11 is 0. The van der Waals surface area contributed by atoms with Crippen LogP contribution in [0.25, 0.3) is 28.3 Å². The smallest absolute Gasteiger partial charge is 0.222 e. The van der Waals surface area contributed by atoms with E-state index in [0.29, 0.717) is 0 Å². The van der Waals surface area contributed by atoms with Crippen molar-refractivity contribution in [1.29, 1.82) is 0 Å². The molecule has 0 aliphatic carbocycles. The zero-order valence-electron chi connectivity index (χ0n) is 17.1. The molecular weight excluding hydrogens is 416 g/mol. The highest BCUT2D eigenvalue weighted by Crippen LogP contribution is 2.22. The van der Waals surface area contributed by atoms with Crippen LogP contribution in [-0.4, -0.2) is 4.98 Å². The van der Waals surface area contributed by atoms with Crippen LogP contribution in [0.4, 0.5) is 0 Å². The van der Waals surface area contributed by atoms with Crippen molar-refractivity contribution in [2.45, 2.75) is 13.8 Å². The van der Waals surface area contributed by atoms with Crippen LogP contribution >= 0.6 is 0 Å². The number of rotatable bonds is 3. The molecule has 31 heavy (non-hydrogen) atoms. The van der Waals surface area contributed by atoms with Gasteiger partial charge in [0.05, 0.1) is 5.56 Å². The summed E-state index contributed by atoms with van der Waals surface area (Å²) in [6.07, 6.45) is 0. The second-order valence-corrected chi connectivity index (χ2v) is 7.64. The van der Waals surface area contributed by atoms with Crippen LogP contribution in [0.5, 0.6) is 0 Å². The fourth-order valence-electron chi connectivity index (χ4n) is 3.18. The highest BCUT2D eigenvalue weighted by molar-refractivity contribution is 5.62. The van der Waals surface area contributed by atoms with Gasteiger partial charge in [-0.15, -0.1) is 10.2 Å². The van der Waals surface area contributed by atoms with Crippen molar-refractivity contribution in [2.75, 3.05) is 0 Å². The first kappa shape index (κ1) is 22.6. The quantitative estimate of drug-likeness (QED) is 0.436. The van der Waals surface area contributed by atoms with E-state index in [1.807, 2.05) is 12.1 Å². The van der Waals surface area contributed by atoms with E-state index in [-0.39, 0.29) is 0 Å². The zero-order chi connectivity index (χ0) is 22.4. The summed E-state index contributed by atoms with van der Waals surface area (Å²) in [6.45, 7) is 4.25. The van der Waals surface area contributed by atoms with Gasteiger partial charge >= 0.3 is 5.82 Å². The third-order valence-electron chi connectivity index (χ3n) is 4.53. The lowest BCUT2D eigenvalue weighted by Gasteiger charge is -2.17. The van der Waals surface area contributed by atoms with E-state index >= 15 is 0 Å². The van der Waals surface area contributed by atoms with Gasteiger partial charge in [0.15, 0.2) is 5.69 Å². The van der Waals surface area contributed by atoms with Crippen LogP contribution in [0, 0.1) is 24.1 Å². The summed E-state index contributed by atoms with van der Waals surface area (Å²) in [6, 6.07) is 31.5. The number of halogens is 1. The Morgan fingerprint density at radius 1 is 0.677 bits per heavy atom. The van der Waals surface area contributed by atoms with E-state index in [1.54, 1.807) is 0 Å². The molecule has 0 unspecified atom stereocenters. The van der Waals surface area contributed by atoms with Gasteiger partial charge in [-0.05, 0) is 43.1 Å². The Morgan fingerprint density at radius 3 is 1.68 bits per heavy atom. The van der Waals surface area contributed by atoms with Crippen LogP contribution in [-0.2, 0) is 0 Å². The van der Waals surface area contributed by atoms with Crippen LogP contribution in [0.2, 0.25) is 0 Å². The van der Waals surface area contributed by atoms with Gasteiger partial charge in [0.1, 0.15) is 11.4 Å². The molecule has 1 heterocycles. The Bertz CT molecular complexity index is 1120. The maximum absolute atomic E-state index is 8.49. The summed E-state index contributed by atoms with van der Waals surface area (Å²) in [5, 5.41) is 0. The molecule has 0 amide bonds. The SMILES string of the molecule is Cc1ccc(-[n+]2c(C)cc(-c3ccccc3)nc2-c2ccccc2)cc1.[O-][Cl+3]([O-])([O-])[O-]. The monoisotopic (exact) mass is 436 g/mol. The molecule has 0 saturated heterocycles. The Hall–Kier alpha value is -3.13. The van der Waals surface area contributed by atoms with Crippen LogP contribution in [0.15, 0.2) is 91.0 Å². The second-order valence-electron chi connectivity index (χ2n) is 6.89. The molecule has 4 aromatic rings. The molecule has 158 valence electrons. The van der Waals surface area contributed by atoms with E-state index in [2.05, 4.69) is 97.3 Å². The van der Waals surface area contributed by atoms with Crippen molar-refractivity contribution < 1.29 is 33.4 Å². The fraction of sp³-hybridized carbons (Fsp3) is 0.0833. The minimum atomic E-state index is -4.94. The summed E-state index contributed by atoms with van der Waals surface area (Å²) in [5.41, 5.74) is 6.76. The van der Waals surface area contributed by atoms with Gasteiger partial charge in [-0.25, -0.2) is 18.6 Å². The van der Waals surface area contributed by atoms with E-state index in [4.69, 9.17) is 23.6 Å². The Balaban J connectivity index is 0.000000491. The van der Waals surface area contributed by atoms with Crippen LogP contribution < -0.4 is 23.2 Å². The molecule has 0 aliphatic heterocycles. The lowest BCUT2D eigenvalue weighted by molar-refractivity contribution is -2.00. The number of aromatic nitrogens is 2. The molecule has 0 radical (unpaired) electrons. The fourth-order valence-corrected chi connectivity index (χ4v) is 3.18. The van der Waals surface area contributed by atoms with Gasteiger partial charge in [0, 0.05) is 11.6 Å². The maximum atomic E-state index is 8.49. The number of benzene rings is 3. The molecule has 0 aliphatic rings. The second kappa shape index (κ2) is 9.78. The Kier molecular flexibility index (Phi) is 7.12. The molecule has 0 bridgehead atoms. The zero-order valence-corrected chi connectivity index (χ0v) is 17.8. The van der Waals surface area contributed by atoms with Crippen molar-refractivity contribution in [3.8, 4) is 28.3 Å². The minimum absolute atomic E-state index is 0.952. The van der Waals surface area contributed by atoms with E-state index in [1.165, 1.54) is 5.56 Å². The number of hydrogen-bond donors (Lipinski definition) is 0. The van der Waals surface area contributed by atoms with E-state index in [9.17, 15) is 0 Å². The third-order valence-corrected chi connectivity index (χ3v) is 4.53. The highest BCUT2D eigenvalue weighted by atomic mass is 35.7. The van der Waals surface area contributed by atoms with Gasteiger partial charge in [-0.1, -0.05) is 66.2 Å². The molecule has 1 aromatic heterocycles. The van der Waals surface area contributed by atoms with Gasteiger partial charge < -0.3 is 0 Å². The molecule has 6 nitrogen and oxygen atoms in total. The van der Waals surface area contributed by atoms with Crippen LogP contribution in [0.3, 0.4) is 0 Å². The van der Waals surface area contributed by atoms with Gasteiger partial charge in [0.25, 0.3) is 0 Å². The predicted octanol–water partition coefficient (Wildman–Crippen LogP) is 0.553. The average molecular weight is 437 g/mol. The van der Waals surface area contributed by atoms with Crippen molar-refractivity contribution in [3.63, 3.8) is 0 Å². The summed E-state index contributed by atoms with van der Waals surface area (Å²) in [7, 11) is -4.94. The van der Waals surface area contributed by atoms with E-state index in [0.717, 1.165) is 34.0 Å². The molecule has 0 saturated carbocycles. The van der Waals surface area contributed by atoms with E-state index < -0.39 is 10.2 Å². The number of hydrogen-bond acceptors (Lipinski definition) is 5. The normalized spacial score (nSPS) is 10.9. The number of aryl methyl sites for hydroxylation is 2. The van der Waals surface area contributed by atoms with Crippen molar-refractivity contribution in [3.05, 3.63) is 102 Å². The van der Waals surface area contributed by atoms with Crippen molar-refractivity contribution >= 4 is 0 Å². The Labute approximate surface area is 183 Å². The van der Waals surface area contributed by atoms with Crippen molar-refractivity contribution in [2.24, 2.45) is 0 Å². The lowest BCUT2D eigenvalue weighted by Crippen LogP contribution is -2.68. The lowest BCUT2D eigenvalue weighted by atomic mass is 10.1. The number of nitrogens with zero attached hydrogens (tertiary/aromatic N) is 2. The molecule has 3 aromatic carbocycles. The first-order chi connectivity index (χ1) is 14.7. The van der Waals surface area contributed by atoms with Gasteiger partial charge in [0.2, 0.25) is 0 Å². The largest absolute Gasteiger partial charge is 0.336 e. The maximum Gasteiger partial charge on any atom is 0.336 e. The third kappa shape index (κ3) is 6.42. The summed E-state index contributed by atoms with van der Waals surface area (Å²) < 4.78 is 36.2. The topological polar surface area (TPSA) is 109 Å². The minimum Gasteiger partial charge on any atom is -0.222 e.